The Hall–Kier alpha value is -3.26. The number of esters is 1. The maximum atomic E-state index is 12.4. The lowest BCUT2D eigenvalue weighted by Crippen LogP contribution is -2.34. The van der Waals surface area contributed by atoms with Gasteiger partial charge in [-0.25, -0.2) is 9.59 Å². The van der Waals surface area contributed by atoms with Crippen molar-refractivity contribution < 1.29 is 23.9 Å². The van der Waals surface area contributed by atoms with Crippen LogP contribution in [0.1, 0.15) is 29.8 Å². The van der Waals surface area contributed by atoms with Crippen molar-refractivity contribution >= 4 is 40.9 Å². The van der Waals surface area contributed by atoms with Crippen molar-refractivity contribution in [3.63, 3.8) is 0 Å². The molecule has 0 aliphatic carbocycles. The molecule has 0 fully saturated rings. The van der Waals surface area contributed by atoms with Crippen LogP contribution in [-0.4, -0.2) is 37.7 Å². The Morgan fingerprint density at radius 3 is 2.43 bits per heavy atom. The molecule has 0 bridgehead atoms. The van der Waals surface area contributed by atoms with Crippen LogP contribution in [0.4, 0.5) is 16.2 Å². The van der Waals surface area contributed by atoms with E-state index >= 15 is 0 Å². The zero-order valence-electron chi connectivity index (χ0n) is 17.2. The first-order chi connectivity index (χ1) is 14.2. The van der Waals surface area contributed by atoms with Gasteiger partial charge in [0, 0.05) is 17.1 Å². The number of carbonyl (C=O) groups excluding carboxylic acids is 3. The number of ether oxygens (including phenoxy) is 2. The first-order valence-corrected chi connectivity index (χ1v) is 9.56. The second-order valence-corrected chi connectivity index (χ2v) is 7.13. The van der Waals surface area contributed by atoms with Gasteiger partial charge in [-0.1, -0.05) is 23.7 Å². The van der Waals surface area contributed by atoms with Crippen molar-refractivity contribution in [3.05, 3.63) is 52.5 Å². The number of benzene rings is 2. The van der Waals surface area contributed by atoms with Gasteiger partial charge in [0.1, 0.15) is 5.75 Å². The molecule has 0 heterocycles. The van der Waals surface area contributed by atoms with Crippen molar-refractivity contribution in [1.29, 1.82) is 0 Å². The van der Waals surface area contributed by atoms with Crippen molar-refractivity contribution in [1.82, 2.24) is 5.32 Å². The number of anilines is 2. The molecule has 0 saturated carbocycles. The number of halogens is 1. The monoisotopic (exact) mass is 433 g/mol. The molecule has 0 aliphatic heterocycles. The lowest BCUT2D eigenvalue weighted by molar-refractivity contribution is -0.119. The average molecular weight is 434 g/mol. The van der Waals surface area contributed by atoms with Gasteiger partial charge in [0.25, 0.3) is 5.91 Å². The number of hydrogen-bond acceptors (Lipinski definition) is 5. The number of para-hydroxylation sites is 1. The largest absolute Gasteiger partial charge is 0.495 e. The SMILES string of the molecule is COc1cc(Cl)c(C)cc1NC(=O)COC(=O)c1ccccc1NC(=O)NC(C)C. The summed E-state index contributed by atoms with van der Waals surface area (Å²) in [5.41, 5.74) is 1.57. The number of amides is 3. The van der Waals surface area contributed by atoms with Crippen LogP contribution in [0, 0.1) is 6.92 Å². The summed E-state index contributed by atoms with van der Waals surface area (Å²) in [4.78, 5) is 36.6. The minimum absolute atomic E-state index is 0.0682. The third kappa shape index (κ3) is 6.38. The van der Waals surface area contributed by atoms with E-state index in [0.717, 1.165) is 5.56 Å². The van der Waals surface area contributed by atoms with Gasteiger partial charge < -0.3 is 25.4 Å². The third-order valence-corrected chi connectivity index (χ3v) is 4.31. The Labute approximate surface area is 179 Å². The minimum atomic E-state index is -0.746. The summed E-state index contributed by atoms with van der Waals surface area (Å²) in [7, 11) is 1.45. The maximum Gasteiger partial charge on any atom is 0.340 e. The van der Waals surface area contributed by atoms with Crippen molar-refractivity contribution in [2.75, 3.05) is 24.4 Å². The van der Waals surface area contributed by atoms with Crippen LogP contribution in [0.15, 0.2) is 36.4 Å². The second-order valence-electron chi connectivity index (χ2n) is 6.72. The summed E-state index contributed by atoms with van der Waals surface area (Å²) in [5, 5.41) is 8.39. The standard InChI is InChI=1S/C21H24ClN3O5/c1-12(2)23-21(28)25-16-8-6-5-7-14(16)20(27)30-11-19(26)24-17-9-13(3)15(22)10-18(17)29-4/h5-10,12H,11H2,1-4H3,(H,24,26)(H2,23,25,28). The fourth-order valence-corrected chi connectivity index (χ4v) is 2.67. The molecular weight excluding hydrogens is 410 g/mol. The van der Waals surface area contributed by atoms with E-state index in [9.17, 15) is 14.4 Å². The maximum absolute atomic E-state index is 12.4. The zero-order valence-corrected chi connectivity index (χ0v) is 17.9. The van der Waals surface area contributed by atoms with E-state index in [1.54, 1.807) is 37.3 Å². The predicted octanol–water partition coefficient (Wildman–Crippen LogP) is 3.98. The number of carbonyl (C=O) groups is 3. The normalized spacial score (nSPS) is 10.3. The molecular formula is C21H24ClN3O5. The van der Waals surface area contributed by atoms with Gasteiger partial charge in [0.2, 0.25) is 0 Å². The molecule has 0 saturated heterocycles. The fraction of sp³-hybridized carbons (Fsp3) is 0.286. The smallest absolute Gasteiger partial charge is 0.340 e. The zero-order chi connectivity index (χ0) is 22.3. The summed E-state index contributed by atoms with van der Waals surface area (Å²) >= 11 is 6.05. The van der Waals surface area contributed by atoms with E-state index in [0.29, 0.717) is 16.5 Å². The molecule has 0 unspecified atom stereocenters. The first kappa shape index (κ1) is 23.0. The lowest BCUT2D eigenvalue weighted by atomic mass is 10.2. The number of methoxy groups -OCH3 is 1. The topological polar surface area (TPSA) is 106 Å². The van der Waals surface area contributed by atoms with E-state index < -0.39 is 24.5 Å². The summed E-state index contributed by atoms with van der Waals surface area (Å²) < 4.78 is 10.3. The fourth-order valence-electron chi connectivity index (χ4n) is 2.52. The molecule has 8 nitrogen and oxygen atoms in total. The van der Waals surface area contributed by atoms with Gasteiger partial charge in [0.05, 0.1) is 24.0 Å². The summed E-state index contributed by atoms with van der Waals surface area (Å²) in [6, 6.07) is 9.09. The van der Waals surface area contributed by atoms with Crippen LogP contribution in [0.2, 0.25) is 5.02 Å². The van der Waals surface area contributed by atoms with Crippen LogP contribution in [0.5, 0.6) is 5.75 Å². The molecule has 160 valence electrons. The van der Waals surface area contributed by atoms with E-state index in [1.165, 1.54) is 13.2 Å². The molecule has 2 aromatic carbocycles. The predicted molar refractivity (Wildman–Crippen MR) is 115 cm³/mol. The van der Waals surface area contributed by atoms with Crippen LogP contribution in [-0.2, 0) is 9.53 Å². The van der Waals surface area contributed by atoms with Crippen molar-refractivity contribution in [2.45, 2.75) is 26.8 Å². The number of urea groups is 1. The van der Waals surface area contributed by atoms with Gasteiger partial charge in [-0.3, -0.25) is 4.79 Å². The molecule has 0 aliphatic rings. The second kappa shape index (κ2) is 10.5. The Morgan fingerprint density at radius 1 is 1.07 bits per heavy atom. The van der Waals surface area contributed by atoms with Crippen LogP contribution >= 0.6 is 11.6 Å². The van der Waals surface area contributed by atoms with Crippen LogP contribution in [0.3, 0.4) is 0 Å². The average Bonchev–Trinajstić information content (AvgIpc) is 2.68. The first-order valence-electron chi connectivity index (χ1n) is 9.19. The van der Waals surface area contributed by atoms with Crippen molar-refractivity contribution in [3.8, 4) is 5.75 Å². The molecule has 0 atom stereocenters. The number of hydrogen-bond donors (Lipinski definition) is 3. The van der Waals surface area contributed by atoms with Crippen molar-refractivity contribution in [2.24, 2.45) is 0 Å². The minimum Gasteiger partial charge on any atom is -0.495 e. The van der Waals surface area contributed by atoms with Crippen LogP contribution < -0.4 is 20.7 Å². The molecule has 0 spiro atoms. The quantitative estimate of drug-likeness (QED) is 0.572. The summed E-state index contributed by atoms with van der Waals surface area (Å²) in [6.45, 7) is 4.90. The molecule has 3 N–H and O–H groups in total. The van der Waals surface area contributed by atoms with Crippen LogP contribution in [0.25, 0.3) is 0 Å². The van der Waals surface area contributed by atoms with E-state index in [2.05, 4.69) is 16.0 Å². The van der Waals surface area contributed by atoms with E-state index in [-0.39, 0.29) is 17.3 Å². The van der Waals surface area contributed by atoms with Gasteiger partial charge in [-0.15, -0.1) is 0 Å². The lowest BCUT2D eigenvalue weighted by Gasteiger charge is -2.14. The number of rotatable bonds is 7. The molecule has 30 heavy (non-hydrogen) atoms. The molecule has 2 aromatic rings. The highest BCUT2D eigenvalue weighted by Crippen LogP contribution is 2.30. The highest BCUT2D eigenvalue weighted by molar-refractivity contribution is 6.31. The Kier molecular flexibility index (Phi) is 8.06. The van der Waals surface area contributed by atoms with E-state index in [1.807, 2.05) is 13.8 Å². The van der Waals surface area contributed by atoms with Gasteiger partial charge in [0.15, 0.2) is 6.61 Å². The molecule has 0 aromatic heterocycles. The van der Waals surface area contributed by atoms with Gasteiger partial charge in [-0.2, -0.15) is 0 Å². The van der Waals surface area contributed by atoms with E-state index in [4.69, 9.17) is 21.1 Å². The Morgan fingerprint density at radius 2 is 1.77 bits per heavy atom. The highest BCUT2D eigenvalue weighted by Gasteiger charge is 2.17. The van der Waals surface area contributed by atoms with Gasteiger partial charge in [-0.05, 0) is 44.5 Å². The summed E-state index contributed by atoms with van der Waals surface area (Å²) in [6.07, 6.45) is 0. The molecule has 3 amide bonds. The molecule has 9 heteroatoms. The Balaban J connectivity index is 2.02. The summed E-state index contributed by atoms with van der Waals surface area (Å²) in [5.74, 6) is -0.910. The molecule has 0 radical (unpaired) electrons. The highest BCUT2D eigenvalue weighted by atomic mass is 35.5. The number of nitrogens with one attached hydrogen (secondary N) is 3. The Bertz CT molecular complexity index is 946. The third-order valence-electron chi connectivity index (χ3n) is 3.90. The number of aryl methyl sites for hydroxylation is 1. The molecule has 2 rings (SSSR count). The van der Waals surface area contributed by atoms with Gasteiger partial charge >= 0.3 is 12.0 Å².